The molecule has 6 nitrogen and oxygen atoms in total. The zero-order valence-corrected chi connectivity index (χ0v) is 18.2. The van der Waals surface area contributed by atoms with Crippen molar-refractivity contribution < 1.29 is 19.1 Å². The van der Waals surface area contributed by atoms with Gasteiger partial charge in [0.05, 0.1) is 17.2 Å². The van der Waals surface area contributed by atoms with E-state index in [1.54, 1.807) is 22.8 Å². The number of benzene rings is 1. The molecule has 0 radical (unpaired) electrons. The van der Waals surface area contributed by atoms with Gasteiger partial charge >= 0.3 is 6.09 Å². The van der Waals surface area contributed by atoms with Crippen molar-refractivity contribution in [1.29, 1.82) is 0 Å². The Balaban J connectivity index is 1.69. The van der Waals surface area contributed by atoms with Crippen molar-refractivity contribution in [1.82, 2.24) is 4.90 Å². The molecule has 0 saturated carbocycles. The minimum Gasteiger partial charge on any atom is -0.444 e. The van der Waals surface area contributed by atoms with Crippen molar-refractivity contribution >= 4 is 17.7 Å². The van der Waals surface area contributed by atoms with Crippen molar-refractivity contribution in [3.8, 4) is 0 Å². The number of para-hydroxylation sites is 1. The van der Waals surface area contributed by atoms with Gasteiger partial charge in [-0.15, -0.1) is 6.58 Å². The summed E-state index contributed by atoms with van der Waals surface area (Å²) in [6.45, 7) is 11.8. The van der Waals surface area contributed by atoms with Crippen LogP contribution >= 0.6 is 0 Å². The van der Waals surface area contributed by atoms with E-state index in [0.717, 1.165) is 17.7 Å². The summed E-state index contributed by atoms with van der Waals surface area (Å²) in [6, 6.07) is 8.01. The lowest BCUT2D eigenvalue weighted by molar-refractivity contribution is -0.121. The Morgan fingerprint density at radius 1 is 1.37 bits per heavy atom. The number of anilines is 1. The van der Waals surface area contributed by atoms with Crippen molar-refractivity contribution in [2.24, 2.45) is 0 Å². The number of hydrogen-bond donors (Lipinski definition) is 0. The lowest BCUT2D eigenvalue weighted by Gasteiger charge is -2.42. The second-order valence-electron chi connectivity index (χ2n) is 9.33. The van der Waals surface area contributed by atoms with E-state index >= 15 is 0 Å². The summed E-state index contributed by atoms with van der Waals surface area (Å²) in [7, 11) is 0. The van der Waals surface area contributed by atoms with Gasteiger partial charge in [-0.2, -0.15) is 0 Å². The van der Waals surface area contributed by atoms with Gasteiger partial charge in [0, 0.05) is 20.0 Å². The molecule has 3 aliphatic heterocycles. The number of rotatable bonds is 5. The first kappa shape index (κ1) is 20.7. The molecule has 1 saturated heterocycles. The molecule has 0 aliphatic carbocycles. The predicted octanol–water partition coefficient (Wildman–Crippen LogP) is 4.16. The molecule has 1 aromatic rings. The molecule has 0 N–H and O–H groups in total. The third kappa shape index (κ3) is 2.97. The molecule has 1 spiro atoms. The maximum absolute atomic E-state index is 12.8. The first-order valence-electron chi connectivity index (χ1n) is 10.5. The zero-order valence-electron chi connectivity index (χ0n) is 18.2. The topological polar surface area (TPSA) is 59.1 Å². The van der Waals surface area contributed by atoms with E-state index in [9.17, 15) is 9.59 Å². The Hall–Kier alpha value is -2.60. The first-order valence-corrected chi connectivity index (χ1v) is 10.5. The number of amides is 2. The molecule has 3 aliphatic rings. The SMILES string of the molecule is C=CCN(CC[C@]12C[C@H]3C=CC1(O3)N(C(C)=O)c1ccccc12)C(=O)OC(C)(C)C. The van der Waals surface area contributed by atoms with Crippen molar-refractivity contribution in [3.63, 3.8) is 0 Å². The van der Waals surface area contributed by atoms with Crippen molar-refractivity contribution in [3.05, 3.63) is 54.6 Å². The second-order valence-corrected chi connectivity index (χ2v) is 9.33. The summed E-state index contributed by atoms with van der Waals surface area (Å²) in [5.41, 5.74) is 0.189. The predicted molar refractivity (Wildman–Crippen MR) is 115 cm³/mol. The van der Waals surface area contributed by atoms with Gasteiger partial charge in [-0.05, 0) is 51.3 Å². The molecule has 4 rings (SSSR count). The Morgan fingerprint density at radius 3 is 2.73 bits per heavy atom. The standard InChI is InChI=1S/C24H30N2O4/c1-6-14-25(21(28)30-22(3,4)5)15-13-23-16-18-11-12-24(23,29-18)26(17(2)27)20-10-8-7-9-19(20)23/h6-12,18H,1,13-16H2,2-5H3/t18-,23-,24?/m1/s1. The molecule has 30 heavy (non-hydrogen) atoms. The van der Waals surface area contributed by atoms with Crippen molar-refractivity contribution in [2.75, 3.05) is 18.0 Å². The fourth-order valence-electron chi connectivity index (χ4n) is 5.20. The van der Waals surface area contributed by atoms with Gasteiger partial charge in [0.2, 0.25) is 5.91 Å². The molecule has 2 amide bonds. The summed E-state index contributed by atoms with van der Waals surface area (Å²) >= 11 is 0. The van der Waals surface area contributed by atoms with E-state index < -0.39 is 16.7 Å². The van der Waals surface area contributed by atoms with E-state index in [1.807, 2.05) is 45.0 Å². The molecule has 1 unspecified atom stereocenters. The number of fused-ring (bicyclic) bond motifs is 3. The monoisotopic (exact) mass is 410 g/mol. The summed E-state index contributed by atoms with van der Waals surface area (Å²) in [6.07, 6.45) is 6.83. The fourth-order valence-corrected chi connectivity index (χ4v) is 5.20. The highest BCUT2D eigenvalue weighted by atomic mass is 16.6. The molecule has 0 aromatic heterocycles. The van der Waals surface area contributed by atoms with Crippen LogP contribution in [0.15, 0.2) is 49.1 Å². The molecule has 3 heterocycles. The van der Waals surface area contributed by atoms with Gasteiger partial charge in [-0.25, -0.2) is 4.79 Å². The van der Waals surface area contributed by atoms with E-state index in [0.29, 0.717) is 19.5 Å². The quantitative estimate of drug-likeness (QED) is 0.684. The van der Waals surface area contributed by atoms with Crippen LogP contribution < -0.4 is 4.90 Å². The minimum atomic E-state index is -0.832. The number of ether oxygens (including phenoxy) is 2. The average molecular weight is 411 g/mol. The summed E-state index contributed by atoms with van der Waals surface area (Å²) in [5, 5.41) is 0. The number of carbonyl (C=O) groups excluding carboxylic acids is 2. The van der Waals surface area contributed by atoms with E-state index in [4.69, 9.17) is 9.47 Å². The average Bonchev–Trinajstić information content (AvgIpc) is 3.27. The summed E-state index contributed by atoms with van der Waals surface area (Å²) in [4.78, 5) is 28.9. The molecular formula is C24H30N2O4. The lowest BCUT2D eigenvalue weighted by atomic mass is 9.68. The van der Waals surface area contributed by atoms with Crippen molar-refractivity contribution in [2.45, 2.75) is 63.4 Å². The van der Waals surface area contributed by atoms with E-state index in [1.165, 1.54) is 0 Å². The highest BCUT2D eigenvalue weighted by molar-refractivity contribution is 5.97. The third-order valence-corrected chi connectivity index (χ3v) is 6.22. The van der Waals surface area contributed by atoms with Gasteiger partial charge in [0.1, 0.15) is 5.60 Å². The van der Waals surface area contributed by atoms with Crippen LogP contribution in [0.4, 0.5) is 10.5 Å². The van der Waals surface area contributed by atoms with Gasteiger partial charge < -0.3 is 14.4 Å². The van der Waals surface area contributed by atoms with Crippen LogP contribution in [0.5, 0.6) is 0 Å². The van der Waals surface area contributed by atoms with Crippen LogP contribution in [0.3, 0.4) is 0 Å². The van der Waals surface area contributed by atoms with Crippen LogP contribution in [0, 0.1) is 0 Å². The number of nitrogens with zero attached hydrogens (tertiary/aromatic N) is 2. The Morgan fingerprint density at radius 2 is 2.10 bits per heavy atom. The van der Waals surface area contributed by atoms with Crippen LogP contribution in [0.2, 0.25) is 0 Å². The highest BCUT2D eigenvalue weighted by Gasteiger charge is 2.69. The largest absolute Gasteiger partial charge is 0.444 e. The second kappa shape index (κ2) is 6.98. The lowest BCUT2D eigenvalue weighted by Crippen LogP contribution is -2.56. The van der Waals surface area contributed by atoms with Crippen LogP contribution in [0.1, 0.15) is 46.1 Å². The van der Waals surface area contributed by atoms with E-state index in [2.05, 4.69) is 18.7 Å². The maximum atomic E-state index is 12.8. The number of carbonyl (C=O) groups is 2. The van der Waals surface area contributed by atoms with Gasteiger partial charge in [0.25, 0.3) is 0 Å². The van der Waals surface area contributed by atoms with Gasteiger partial charge in [0.15, 0.2) is 5.72 Å². The molecule has 6 heteroatoms. The molecule has 160 valence electrons. The Bertz CT molecular complexity index is 918. The minimum absolute atomic E-state index is 0.0328. The molecule has 1 fully saturated rings. The molecular weight excluding hydrogens is 380 g/mol. The summed E-state index contributed by atoms with van der Waals surface area (Å²) in [5.74, 6) is -0.0494. The Labute approximate surface area is 178 Å². The van der Waals surface area contributed by atoms with Gasteiger partial charge in [-0.1, -0.05) is 30.4 Å². The fraction of sp³-hybridized carbons (Fsp3) is 0.500. The molecule has 2 bridgehead atoms. The molecule has 1 aromatic carbocycles. The third-order valence-electron chi connectivity index (χ3n) is 6.22. The van der Waals surface area contributed by atoms with Crippen LogP contribution in [0.25, 0.3) is 0 Å². The summed E-state index contributed by atoms with van der Waals surface area (Å²) < 4.78 is 12.0. The van der Waals surface area contributed by atoms with Gasteiger partial charge in [-0.3, -0.25) is 9.69 Å². The highest BCUT2D eigenvalue weighted by Crippen LogP contribution is 2.64. The molecule has 3 atom stereocenters. The Kier molecular flexibility index (Phi) is 4.81. The number of hydrogen-bond acceptors (Lipinski definition) is 4. The van der Waals surface area contributed by atoms with Crippen LogP contribution in [-0.2, 0) is 19.7 Å². The van der Waals surface area contributed by atoms with Crippen LogP contribution in [-0.4, -0.2) is 47.4 Å². The smallest absolute Gasteiger partial charge is 0.410 e. The zero-order chi connectivity index (χ0) is 21.7. The maximum Gasteiger partial charge on any atom is 0.410 e. The normalized spacial score (nSPS) is 28.3. The first-order chi connectivity index (χ1) is 14.1. The van der Waals surface area contributed by atoms with E-state index in [-0.39, 0.29) is 18.1 Å².